The van der Waals surface area contributed by atoms with Crippen LogP contribution < -0.4 is 9.80 Å². The van der Waals surface area contributed by atoms with Crippen molar-refractivity contribution in [1.29, 1.82) is 0 Å². The summed E-state index contributed by atoms with van der Waals surface area (Å²) in [5.41, 5.74) is 13.1. The van der Waals surface area contributed by atoms with Crippen molar-refractivity contribution in [3.05, 3.63) is 278 Å². The second kappa shape index (κ2) is 19.0. The van der Waals surface area contributed by atoms with E-state index in [0.29, 0.717) is 22.5 Å². The van der Waals surface area contributed by atoms with E-state index in [1.165, 1.54) is 5.39 Å². The predicted octanol–water partition coefficient (Wildman–Crippen LogP) is 20.9. The molecule has 13 aromatic rings. The first-order chi connectivity index (χ1) is 36.8. The lowest BCUT2D eigenvalue weighted by Crippen LogP contribution is -2.12. The third kappa shape index (κ3) is 8.28. The number of anilines is 6. The van der Waals surface area contributed by atoms with Crippen LogP contribution in [0.3, 0.4) is 0 Å². The van der Waals surface area contributed by atoms with Gasteiger partial charge in [0.1, 0.15) is 0 Å². The largest absolute Gasteiger partial charge is 0.308 e. The van der Waals surface area contributed by atoms with Crippen LogP contribution in [0.2, 0.25) is 0 Å². The third-order valence-corrected chi connectivity index (χ3v) is 15.7. The Hall–Kier alpha value is -9.16. The molecule has 0 aliphatic carbocycles. The van der Waals surface area contributed by atoms with Crippen LogP contribution >= 0.6 is 11.3 Å². The first-order valence-electron chi connectivity index (χ1n) is 25.3. The summed E-state index contributed by atoms with van der Waals surface area (Å²) in [7, 11) is 0. The number of aryl methyl sites for hydroxylation is 2. The van der Waals surface area contributed by atoms with Crippen molar-refractivity contribution in [1.82, 2.24) is 0 Å². The van der Waals surface area contributed by atoms with E-state index in [0.717, 1.165) is 104 Å². The number of benzene rings is 12. The highest BCUT2D eigenvalue weighted by molar-refractivity contribution is 7.27. The number of thiophene rings is 1. The number of fused-ring (bicyclic) bond motifs is 8. The van der Waals surface area contributed by atoms with E-state index in [4.69, 9.17) is 0 Å². The van der Waals surface area contributed by atoms with Gasteiger partial charge in [0.15, 0.2) is 11.6 Å². The molecule has 13 rings (SSSR count). The molecule has 0 N–H and O–H groups in total. The number of nitrogens with zero attached hydrogens (tertiary/aromatic N) is 2. The predicted molar refractivity (Wildman–Crippen MR) is 315 cm³/mol. The molecular formula is C70H48F2N2S. The van der Waals surface area contributed by atoms with Gasteiger partial charge in [0.05, 0.1) is 11.4 Å². The molecule has 0 saturated carbocycles. The molecule has 0 radical (unpaired) electrons. The zero-order chi connectivity index (χ0) is 50.6. The second-order valence-corrected chi connectivity index (χ2v) is 20.3. The minimum Gasteiger partial charge on any atom is -0.308 e. The number of rotatable bonds is 10. The second-order valence-electron chi connectivity index (χ2n) is 19.3. The maximum absolute atomic E-state index is 17.7. The molecule has 0 aliphatic rings. The molecule has 12 aromatic carbocycles. The van der Waals surface area contributed by atoms with E-state index in [1.807, 2.05) is 121 Å². The summed E-state index contributed by atoms with van der Waals surface area (Å²) in [5.74, 6) is -0.599. The molecule has 0 atom stereocenters. The Bertz CT molecular complexity index is 4250. The van der Waals surface area contributed by atoms with Gasteiger partial charge in [0.25, 0.3) is 0 Å². The summed E-state index contributed by atoms with van der Waals surface area (Å²) in [6.45, 7) is 4.14. The van der Waals surface area contributed by atoms with E-state index < -0.39 is 0 Å². The molecule has 5 heteroatoms. The minimum atomic E-state index is -0.301. The van der Waals surface area contributed by atoms with Gasteiger partial charge in [0.2, 0.25) is 0 Å². The summed E-state index contributed by atoms with van der Waals surface area (Å²) in [6.07, 6.45) is 0. The number of halogens is 2. The Labute approximate surface area is 439 Å². The molecule has 0 unspecified atom stereocenters. The van der Waals surface area contributed by atoms with E-state index in [-0.39, 0.29) is 11.6 Å². The van der Waals surface area contributed by atoms with E-state index >= 15 is 8.78 Å². The van der Waals surface area contributed by atoms with Gasteiger partial charge in [0, 0.05) is 59.4 Å². The Morgan fingerprint density at radius 3 is 1.19 bits per heavy atom. The molecule has 2 nitrogen and oxygen atoms in total. The zero-order valence-corrected chi connectivity index (χ0v) is 42.1. The van der Waals surface area contributed by atoms with Crippen LogP contribution in [0.1, 0.15) is 11.1 Å². The van der Waals surface area contributed by atoms with Gasteiger partial charge in [-0.1, -0.05) is 193 Å². The molecule has 0 bridgehead atoms. The van der Waals surface area contributed by atoms with Crippen LogP contribution in [0, 0.1) is 25.5 Å². The molecule has 0 spiro atoms. The molecular weight excluding hydrogens is 939 g/mol. The molecule has 0 saturated heterocycles. The van der Waals surface area contributed by atoms with Crippen molar-refractivity contribution in [2.45, 2.75) is 13.8 Å². The van der Waals surface area contributed by atoms with Crippen LogP contribution in [0.25, 0.3) is 86.2 Å². The molecule has 0 amide bonds. The van der Waals surface area contributed by atoms with Gasteiger partial charge >= 0.3 is 0 Å². The van der Waals surface area contributed by atoms with Crippen LogP contribution in [0.5, 0.6) is 0 Å². The summed E-state index contributed by atoms with van der Waals surface area (Å²) in [6, 6.07) is 86.3. The van der Waals surface area contributed by atoms with Gasteiger partial charge in [-0.2, -0.15) is 0 Å². The van der Waals surface area contributed by atoms with Crippen molar-refractivity contribution in [2.75, 3.05) is 9.80 Å². The summed E-state index contributed by atoms with van der Waals surface area (Å²) in [5, 5.41) is 6.71. The van der Waals surface area contributed by atoms with Crippen LogP contribution in [0.4, 0.5) is 42.9 Å². The molecule has 0 fully saturated rings. The highest BCUT2D eigenvalue weighted by Gasteiger charge is 2.26. The van der Waals surface area contributed by atoms with Crippen molar-refractivity contribution in [3.8, 4) is 44.5 Å². The lowest BCUT2D eigenvalue weighted by molar-refractivity contribution is 0.632. The Kier molecular flexibility index (Phi) is 11.6. The quantitative estimate of drug-likeness (QED) is 0.126. The van der Waals surface area contributed by atoms with Crippen molar-refractivity contribution in [3.63, 3.8) is 0 Å². The number of hydrogen-bond acceptors (Lipinski definition) is 3. The van der Waals surface area contributed by atoms with Crippen LogP contribution in [0.15, 0.2) is 255 Å². The summed E-state index contributed by atoms with van der Waals surface area (Å²) < 4.78 is 37.6. The zero-order valence-electron chi connectivity index (χ0n) is 41.3. The highest BCUT2D eigenvalue weighted by atomic mass is 32.1. The Balaban J connectivity index is 1.02. The number of hydrogen-bond donors (Lipinski definition) is 0. The van der Waals surface area contributed by atoms with Crippen LogP contribution in [-0.2, 0) is 0 Å². The lowest BCUT2D eigenvalue weighted by Gasteiger charge is -2.28. The van der Waals surface area contributed by atoms with Crippen molar-refractivity contribution < 1.29 is 8.78 Å². The average molecular weight is 987 g/mol. The van der Waals surface area contributed by atoms with Gasteiger partial charge in [-0.25, -0.2) is 8.78 Å². The van der Waals surface area contributed by atoms with E-state index in [2.05, 4.69) is 157 Å². The van der Waals surface area contributed by atoms with Gasteiger partial charge in [-0.3, -0.25) is 0 Å². The smallest absolute Gasteiger partial charge is 0.155 e. The first kappa shape index (κ1) is 45.7. The fourth-order valence-electron chi connectivity index (χ4n) is 10.7. The highest BCUT2D eigenvalue weighted by Crippen LogP contribution is 2.50. The Morgan fingerprint density at radius 2 is 0.707 bits per heavy atom. The van der Waals surface area contributed by atoms with Crippen LogP contribution in [-0.4, -0.2) is 0 Å². The fourth-order valence-corrected chi connectivity index (χ4v) is 12.0. The maximum Gasteiger partial charge on any atom is 0.155 e. The SMILES string of the molecule is Cc1ccc(N(c2ccc3c(c2)sc2c4ccc(N(c5ccc(C)cc5)c5cc(-c6ccccc6)cc(-c6ccccc6)c5F)cc4c4ccccc4c32)c2cc(-c3ccccc3)cc(-c3ccccc3)c2F)cc1. The van der Waals surface area contributed by atoms with Gasteiger partial charge in [-0.05, 0) is 136 Å². The van der Waals surface area contributed by atoms with E-state index in [9.17, 15) is 0 Å². The lowest BCUT2D eigenvalue weighted by atomic mass is 9.95. The van der Waals surface area contributed by atoms with Gasteiger partial charge in [-0.15, -0.1) is 11.3 Å². The molecule has 1 aromatic heterocycles. The molecule has 75 heavy (non-hydrogen) atoms. The van der Waals surface area contributed by atoms with Crippen molar-refractivity contribution in [2.24, 2.45) is 0 Å². The minimum absolute atomic E-state index is 0.298. The third-order valence-electron chi connectivity index (χ3n) is 14.5. The van der Waals surface area contributed by atoms with E-state index in [1.54, 1.807) is 11.3 Å². The summed E-state index contributed by atoms with van der Waals surface area (Å²) >= 11 is 1.75. The fraction of sp³-hybridized carbons (Fsp3) is 0.0286. The monoisotopic (exact) mass is 986 g/mol. The normalized spacial score (nSPS) is 11.5. The van der Waals surface area contributed by atoms with Gasteiger partial charge < -0.3 is 9.80 Å². The standard InChI is InChI=1S/C70H48F2N2S/c1-45-27-31-53(32-28-45)73(64-41-51(47-17-7-3-8-18-47)39-61(68(64)71)49-21-11-5-12-22-49)55-35-37-59-63(43-55)57-25-15-16-26-58(57)67-60-38-36-56(44-66(60)75-70(59)67)74(54-33-29-46(2)30-34-54)65-42-52(48-19-9-4-10-20-48)40-62(69(65)72)50-23-13-6-14-24-50/h3-44H,1-2H3. The molecule has 1 heterocycles. The van der Waals surface area contributed by atoms with Crippen molar-refractivity contribution >= 4 is 87.2 Å². The maximum atomic E-state index is 17.7. The Morgan fingerprint density at radius 1 is 0.307 bits per heavy atom. The molecule has 358 valence electrons. The topological polar surface area (TPSA) is 6.48 Å². The first-order valence-corrected chi connectivity index (χ1v) is 26.1. The summed E-state index contributed by atoms with van der Waals surface area (Å²) in [4.78, 5) is 4.13. The molecule has 0 aliphatic heterocycles. The average Bonchev–Trinajstić information content (AvgIpc) is 3.87.